The van der Waals surface area contributed by atoms with Crippen LogP contribution in [-0.4, -0.2) is 40.2 Å². The summed E-state index contributed by atoms with van der Waals surface area (Å²) in [5.74, 6) is -0.115. The number of hydrogen-bond donors (Lipinski definition) is 3. The Morgan fingerprint density at radius 1 is 1.29 bits per heavy atom. The zero-order valence-corrected chi connectivity index (χ0v) is 17.0. The highest BCUT2D eigenvalue weighted by Gasteiger charge is 2.20. The lowest BCUT2D eigenvalue weighted by Gasteiger charge is -2.29. The van der Waals surface area contributed by atoms with Gasteiger partial charge in [0.1, 0.15) is 4.88 Å². The molecule has 3 rings (SSSR count). The molecule has 1 aromatic heterocycles. The van der Waals surface area contributed by atoms with Crippen LogP contribution < -0.4 is 16.4 Å². The zero-order chi connectivity index (χ0) is 20.3. The van der Waals surface area contributed by atoms with Gasteiger partial charge in [0.2, 0.25) is 5.95 Å². The Labute approximate surface area is 172 Å². The van der Waals surface area contributed by atoms with E-state index in [2.05, 4.69) is 4.98 Å². The quantitative estimate of drug-likeness (QED) is 0.703. The topological polar surface area (TPSA) is 118 Å². The predicted molar refractivity (Wildman–Crippen MR) is 113 cm³/mol. The second-order valence-corrected chi connectivity index (χ2v) is 7.86. The number of aliphatic hydroxyl groups is 1. The summed E-state index contributed by atoms with van der Waals surface area (Å²) in [6.07, 6.45) is 0.986. The SMILES string of the molecule is Cc1c(-c2ccc(Cl)cc2)nc(N2CCC(O)CC2)ncsc(C(N)=O)c1N. The first-order valence-corrected chi connectivity index (χ1v) is 10.1. The van der Waals surface area contributed by atoms with Gasteiger partial charge in [-0.2, -0.15) is 0 Å². The van der Waals surface area contributed by atoms with E-state index in [1.54, 1.807) is 19.1 Å². The number of primary amides is 1. The fourth-order valence-corrected chi connectivity index (χ4v) is 3.77. The highest BCUT2D eigenvalue weighted by molar-refractivity contribution is 7.11. The first-order chi connectivity index (χ1) is 13.4. The summed E-state index contributed by atoms with van der Waals surface area (Å²) in [6, 6.07) is 7.22. The molecule has 1 fully saturated rings. The van der Waals surface area contributed by atoms with E-state index in [1.807, 2.05) is 17.0 Å². The summed E-state index contributed by atoms with van der Waals surface area (Å²) in [5, 5.41) is 10.4. The standard InChI is InChI=1S/C19H22ClN5O2S/c1-11-15(21)17(18(22)27)28-10-23-19(25-8-6-14(26)7-9-25)24-16(11)12-2-4-13(20)5-3-12/h2-5,10,14,26H,6-9,21H2,1H3,(H2,22,27). The zero-order valence-electron chi connectivity index (χ0n) is 15.4. The minimum Gasteiger partial charge on any atom is -0.397 e. The number of hydrogen-bond acceptors (Lipinski definition) is 7. The summed E-state index contributed by atoms with van der Waals surface area (Å²) in [6.45, 7) is 3.08. The van der Waals surface area contributed by atoms with Gasteiger partial charge in [-0.3, -0.25) is 4.79 Å². The highest BCUT2D eigenvalue weighted by Crippen LogP contribution is 2.29. The van der Waals surface area contributed by atoms with Crippen LogP contribution in [0.5, 0.6) is 0 Å². The van der Waals surface area contributed by atoms with Crippen molar-refractivity contribution in [1.82, 2.24) is 9.97 Å². The maximum Gasteiger partial charge on any atom is 0.260 e. The first-order valence-electron chi connectivity index (χ1n) is 8.84. The van der Waals surface area contributed by atoms with Crippen LogP contribution in [0.3, 0.4) is 0 Å². The molecule has 1 amide bonds. The molecule has 7 nitrogen and oxygen atoms in total. The van der Waals surface area contributed by atoms with Crippen molar-refractivity contribution in [2.45, 2.75) is 25.9 Å². The largest absolute Gasteiger partial charge is 0.397 e. The van der Waals surface area contributed by atoms with Crippen molar-refractivity contribution in [2.24, 2.45) is 5.73 Å². The van der Waals surface area contributed by atoms with E-state index in [0.29, 0.717) is 48.2 Å². The average molecular weight is 420 g/mol. The molecule has 28 heavy (non-hydrogen) atoms. The normalized spacial score (nSPS) is 14.6. The summed E-state index contributed by atoms with van der Waals surface area (Å²) in [5.41, 5.74) is 15.6. The highest BCUT2D eigenvalue weighted by atomic mass is 35.5. The van der Waals surface area contributed by atoms with Crippen LogP contribution >= 0.6 is 22.9 Å². The van der Waals surface area contributed by atoms with Crippen LogP contribution in [0.15, 0.2) is 29.8 Å². The number of nitrogens with zero attached hydrogens (tertiary/aromatic N) is 3. The van der Waals surface area contributed by atoms with Crippen molar-refractivity contribution in [3.8, 4) is 11.3 Å². The smallest absolute Gasteiger partial charge is 0.260 e. The number of rotatable bonds is 3. The number of nitrogen functional groups attached to an aromatic ring is 1. The van der Waals surface area contributed by atoms with Gasteiger partial charge in [0.25, 0.3) is 5.91 Å². The van der Waals surface area contributed by atoms with E-state index in [-0.39, 0.29) is 16.7 Å². The van der Waals surface area contributed by atoms with E-state index < -0.39 is 5.91 Å². The molecule has 5 N–H and O–H groups in total. The first kappa shape index (κ1) is 20.3. The monoisotopic (exact) mass is 419 g/mol. The van der Waals surface area contributed by atoms with Crippen molar-refractivity contribution in [3.63, 3.8) is 0 Å². The number of aliphatic hydroxyl groups excluding tert-OH is 1. The second-order valence-electron chi connectivity index (χ2n) is 6.57. The molecule has 2 heterocycles. The van der Waals surface area contributed by atoms with Gasteiger partial charge in [-0.05, 0) is 31.9 Å². The number of halogens is 1. The molecule has 0 unspecified atom stereocenters. The summed E-state index contributed by atoms with van der Waals surface area (Å²) < 4.78 is 0. The lowest BCUT2D eigenvalue weighted by molar-refractivity contribution is 0.100. The fraction of sp³-hybridized carbons (Fsp3) is 0.316. The van der Waals surface area contributed by atoms with Gasteiger partial charge in [-0.25, -0.2) is 9.97 Å². The van der Waals surface area contributed by atoms with Crippen molar-refractivity contribution >= 4 is 40.5 Å². The minimum atomic E-state index is -0.617. The predicted octanol–water partition coefficient (Wildman–Crippen LogP) is 2.93. The number of nitrogens with two attached hydrogens (primary N) is 2. The summed E-state index contributed by atoms with van der Waals surface area (Å²) in [7, 11) is 0. The van der Waals surface area contributed by atoms with E-state index in [0.717, 1.165) is 16.9 Å². The van der Waals surface area contributed by atoms with Gasteiger partial charge < -0.3 is 21.5 Å². The number of carbonyl (C=O) groups excluding carboxylic acids is 1. The number of amides is 1. The molecule has 0 bridgehead atoms. The Balaban J connectivity index is 2.25. The number of anilines is 2. The number of benzene rings is 1. The number of aromatic nitrogens is 2. The van der Waals surface area contributed by atoms with Gasteiger partial charge in [-0.15, -0.1) is 11.3 Å². The molecule has 2 aromatic rings. The van der Waals surface area contributed by atoms with Gasteiger partial charge in [-0.1, -0.05) is 23.7 Å². The van der Waals surface area contributed by atoms with Gasteiger partial charge >= 0.3 is 0 Å². The molecule has 9 heteroatoms. The lowest BCUT2D eigenvalue weighted by atomic mass is 10.1. The molecule has 1 aliphatic rings. The van der Waals surface area contributed by atoms with Crippen molar-refractivity contribution < 1.29 is 9.90 Å². The number of carbonyl (C=O) groups is 1. The second kappa shape index (κ2) is 8.72. The fourth-order valence-electron chi connectivity index (χ4n) is 3.00. The van der Waals surface area contributed by atoms with Crippen molar-refractivity contribution in [2.75, 3.05) is 23.7 Å². The molecular formula is C19H22ClN5O2S. The van der Waals surface area contributed by atoms with Crippen LogP contribution in [0.25, 0.3) is 11.3 Å². The van der Waals surface area contributed by atoms with Gasteiger partial charge in [0, 0.05) is 29.2 Å². The van der Waals surface area contributed by atoms with Crippen molar-refractivity contribution in [3.05, 3.63) is 45.2 Å². The summed E-state index contributed by atoms with van der Waals surface area (Å²) in [4.78, 5) is 23.4. The van der Waals surface area contributed by atoms with E-state index >= 15 is 0 Å². The van der Waals surface area contributed by atoms with Crippen LogP contribution in [-0.2, 0) is 0 Å². The molecule has 1 aromatic carbocycles. The Kier molecular flexibility index (Phi) is 6.33. The molecule has 0 radical (unpaired) electrons. The molecule has 1 saturated heterocycles. The van der Waals surface area contributed by atoms with E-state index in [4.69, 9.17) is 28.1 Å². The molecule has 0 aliphatic carbocycles. The third kappa shape index (κ3) is 4.52. The van der Waals surface area contributed by atoms with Gasteiger partial charge in [0.05, 0.1) is 23.0 Å². The Hall–Kier alpha value is -2.42. The Morgan fingerprint density at radius 3 is 2.54 bits per heavy atom. The third-order valence-electron chi connectivity index (χ3n) is 4.64. The molecule has 0 spiro atoms. The van der Waals surface area contributed by atoms with Crippen LogP contribution in [0.4, 0.5) is 11.6 Å². The van der Waals surface area contributed by atoms with Gasteiger partial charge in [0.15, 0.2) is 0 Å². The van der Waals surface area contributed by atoms with Crippen LogP contribution in [0.1, 0.15) is 28.1 Å². The molecule has 1 aliphatic heterocycles. The maximum atomic E-state index is 11.9. The third-order valence-corrected chi connectivity index (χ3v) is 5.76. The number of piperidine rings is 1. The molecule has 0 atom stereocenters. The van der Waals surface area contributed by atoms with Crippen LogP contribution in [0, 0.1) is 6.92 Å². The minimum absolute atomic E-state index is 0.221. The Bertz CT molecular complexity index is 923. The lowest BCUT2D eigenvalue weighted by Crippen LogP contribution is -2.36. The molecular weight excluding hydrogens is 398 g/mol. The van der Waals surface area contributed by atoms with Crippen LogP contribution in [0.2, 0.25) is 5.02 Å². The van der Waals surface area contributed by atoms with E-state index in [9.17, 15) is 9.90 Å². The van der Waals surface area contributed by atoms with E-state index in [1.165, 1.54) is 5.51 Å². The summed E-state index contributed by atoms with van der Waals surface area (Å²) >= 11 is 7.10. The average Bonchev–Trinajstić information content (AvgIpc) is 2.73. The maximum absolute atomic E-state index is 11.9. The van der Waals surface area contributed by atoms with Crippen molar-refractivity contribution in [1.29, 1.82) is 0 Å². The Morgan fingerprint density at radius 2 is 1.93 bits per heavy atom. The molecule has 0 saturated carbocycles. The molecule has 148 valence electrons.